The molecule has 0 aliphatic heterocycles. The topological polar surface area (TPSA) is 41.6 Å². The van der Waals surface area contributed by atoms with E-state index in [1.165, 1.54) is 12.1 Å². The average Bonchev–Trinajstić information content (AvgIpc) is 3.31. The van der Waals surface area contributed by atoms with E-state index in [1.807, 2.05) is 30.3 Å². The van der Waals surface area contributed by atoms with E-state index in [0.717, 1.165) is 49.0 Å². The molecule has 1 N–H and O–H groups in total. The highest BCUT2D eigenvalue weighted by atomic mass is 35.5. The summed E-state index contributed by atoms with van der Waals surface area (Å²) in [7, 11) is 0. The number of H-pyrrole nitrogens is 1. The van der Waals surface area contributed by atoms with Crippen LogP contribution in [-0.2, 0) is 0 Å². The summed E-state index contributed by atoms with van der Waals surface area (Å²) in [6, 6.07) is 18.5. The molecule has 5 aromatic rings. The van der Waals surface area contributed by atoms with Gasteiger partial charge >= 0.3 is 0 Å². The maximum absolute atomic E-state index is 13.4. The number of rotatable bonds is 3. The van der Waals surface area contributed by atoms with Crippen LogP contribution in [0.1, 0.15) is 4.88 Å². The first-order valence-electron chi connectivity index (χ1n) is 9.06. The summed E-state index contributed by atoms with van der Waals surface area (Å²) >= 11 is 7.86. The van der Waals surface area contributed by atoms with Gasteiger partial charge in [-0.2, -0.15) is 0 Å². The van der Waals surface area contributed by atoms with Crippen LogP contribution >= 0.6 is 22.9 Å². The molecule has 3 aromatic heterocycles. The Bertz CT molecular complexity index is 1340. The summed E-state index contributed by atoms with van der Waals surface area (Å²) in [6.07, 6.45) is 1.78. The lowest BCUT2D eigenvalue weighted by molar-refractivity contribution is 0.628. The molecule has 142 valence electrons. The number of aromatic nitrogens is 3. The smallest absolute Gasteiger partial charge is 0.142 e. The fourth-order valence-corrected chi connectivity index (χ4v) is 4.58. The Labute approximate surface area is 175 Å². The highest BCUT2D eigenvalue weighted by molar-refractivity contribution is 7.15. The van der Waals surface area contributed by atoms with Crippen molar-refractivity contribution in [2.45, 2.75) is 6.92 Å². The number of pyridine rings is 1. The largest absolute Gasteiger partial charge is 0.354 e. The van der Waals surface area contributed by atoms with Crippen LogP contribution in [0, 0.1) is 12.7 Å². The number of hydrogen-bond donors (Lipinski definition) is 1. The van der Waals surface area contributed by atoms with Gasteiger partial charge in [-0.1, -0.05) is 23.7 Å². The first-order valence-corrected chi connectivity index (χ1v) is 10.3. The van der Waals surface area contributed by atoms with Gasteiger partial charge in [-0.15, -0.1) is 11.3 Å². The molecule has 0 fully saturated rings. The standard InChI is InChI=1S/C23H15ClFN3S/c1-13-22(28-23(29-13)20-4-2-3-9-26-20)14-5-8-19-15(10-14)11-21(27-19)17-7-6-16(25)12-18(17)24/h2-12,27H,1H3. The number of hydrogen-bond acceptors (Lipinski definition) is 3. The summed E-state index contributed by atoms with van der Waals surface area (Å²) < 4.78 is 13.4. The van der Waals surface area contributed by atoms with Crippen LogP contribution in [-0.4, -0.2) is 15.0 Å². The monoisotopic (exact) mass is 419 g/mol. The highest BCUT2D eigenvalue weighted by Crippen LogP contribution is 2.35. The minimum atomic E-state index is -0.347. The van der Waals surface area contributed by atoms with Gasteiger partial charge in [0.2, 0.25) is 0 Å². The maximum Gasteiger partial charge on any atom is 0.142 e. The van der Waals surface area contributed by atoms with Crippen LogP contribution in [0.3, 0.4) is 0 Å². The van der Waals surface area contributed by atoms with Crippen molar-refractivity contribution in [2.24, 2.45) is 0 Å². The number of fused-ring (bicyclic) bond motifs is 1. The summed E-state index contributed by atoms with van der Waals surface area (Å²) in [5.41, 5.74) is 5.49. The molecule has 0 amide bonds. The van der Waals surface area contributed by atoms with E-state index >= 15 is 0 Å². The van der Waals surface area contributed by atoms with Crippen LogP contribution in [0.5, 0.6) is 0 Å². The molecular formula is C23H15ClFN3S. The number of nitrogens with one attached hydrogen (secondary N) is 1. The molecule has 2 aromatic carbocycles. The van der Waals surface area contributed by atoms with E-state index in [4.69, 9.17) is 16.6 Å². The van der Waals surface area contributed by atoms with Gasteiger partial charge in [0.15, 0.2) is 0 Å². The van der Waals surface area contributed by atoms with Crippen molar-refractivity contribution in [1.29, 1.82) is 0 Å². The van der Waals surface area contributed by atoms with Gasteiger partial charge < -0.3 is 4.98 Å². The molecule has 0 atom stereocenters. The quantitative estimate of drug-likeness (QED) is 0.338. The van der Waals surface area contributed by atoms with Crippen molar-refractivity contribution in [3.63, 3.8) is 0 Å². The van der Waals surface area contributed by atoms with Crippen molar-refractivity contribution in [3.8, 4) is 33.2 Å². The first-order chi connectivity index (χ1) is 14.1. The molecule has 0 spiro atoms. The zero-order chi connectivity index (χ0) is 20.0. The Balaban J connectivity index is 1.56. The molecule has 6 heteroatoms. The number of aryl methyl sites for hydroxylation is 1. The molecule has 0 bridgehead atoms. The fourth-order valence-electron chi connectivity index (χ4n) is 3.40. The third-order valence-corrected chi connectivity index (χ3v) is 6.10. The molecule has 0 radical (unpaired) electrons. The van der Waals surface area contributed by atoms with Gasteiger partial charge in [0.25, 0.3) is 0 Å². The predicted octanol–water partition coefficient (Wildman–Crippen LogP) is 7.12. The van der Waals surface area contributed by atoms with Crippen molar-refractivity contribution >= 4 is 33.8 Å². The summed E-state index contributed by atoms with van der Waals surface area (Å²) in [5.74, 6) is -0.347. The molecule has 0 saturated carbocycles. The maximum atomic E-state index is 13.4. The van der Waals surface area contributed by atoms with Gasteiger partial charge in [-0.05, 0) is 55.5 Å². The van der Waals surface area contributed by atoms with Crippen molar-refractivity contribution in [2.75, 3.05) is 0 Å². The zero-order valence-electron chi connectivity index (χ0n) is 15.4. The fraction of sp³-hybridized carbons (Fsp3) is 0.0435. The molecule has 0 aliphatic carbocycles. The highest BCUT2D eigenvalue weighted by Gasteiger charge is 2.14. The van der Waals surface area contributed by atoms with Gasteiger partial charge in [-0.25, -0.2) is 9.37 Å². The van der Waals surface area contributed by atoms with Gasteiger partial charge in [0, 0.05) is 38.8 Å². The number of nitrogens with zero attached hydrogens (tertiary/aromatic N) is 2. The normalized spacial score (nSPS) is 11.3. The van der Waals surface area contributed by atoms with E-state index in [2.05, 4.69) is 29.0 Å². The summed E-state index contributed by atoms with van der Waals surface area (Å²) in [4.78, 5) is 13.7. The van der Waals surface area contributed by atoms with E-state index in [-0.39, 0.29) is 5.82 Å². The van der Waals surface area contributed by atoms with Crippen LogP contribution in [0.25, 0.3) is 44.1 Å². The Hall–Kier alpha value is -3.02. The second-order valence-electron chi connectivity index (χ2n) is 6.75. The summed E-state index contributed by atoms with van der Waals surface area (Å²) in [5, 5.41) is 2.34. The van der Waals surface area contributed by atoms with Crippen LogP contribution in [0.4, 0.5) is 4.39 Å². The molecule has 3 nitrogen and oxygen atoms in total. The van der Waals surface area contributed by atoms with Gasteiger partial charge in [-0.3, -0.25) is 4.98 Å². The summed E-state index contributed by atoms with van der Waals surface area (Å²) in [6.45, 7) is 2.07. The zero-order valence-corrected chi connectivity index (χ0v) is 17.0. The lowest BCUT2D eigenvalue weighted by atomic mass is 10.1. The van der Waals surface area contributed by atoms with Crippen molar-refractivity contribution in [3.05, 3.63) is 82.6 Å². The molecule has 5 rings (SSSR count). The molecule has 0 saturated heterocycles. The van der Waals surface area contributed by atoms with E-state index in [0.29, 0.717) is 5.02 Å². The lowest BCUT2D eigenvalue weighted by Gasteiger charge is -2.01. The molecule has 3 heterocycles. The average molecular weight is 420 g/mol. The minimum Gasteiger partial charge on any atom is -0.354 e. The van der Waals surface area contributed by atoms with Crippen LogP contribution in [0.2, 0.25) is 5.02 Å². The SMILES string of the molecule is Cc1sc(-c2ccccn2)nc1-c1ccc2[nH]c(-c3ccc(F)cc3Cl)cc2c1. The van der Waals surface area contributed by atoms with Gasteiger partial charge in [0.1, 0.15) is 10.8 Å². The first kappa shape index (κ1) is 18.0. The van der Waals surface area contributed by atoms with Crippen molar-refractivity contribution < 1.29 is 4.39 Å². The Morgan fingerprint density at radius 1 is 1.03 bits per heavy atom. The minimum absolute atomic E-state index is 0.347. The van der Waals surface area contributed by atoms with E-state index in [9.17, 15) is 4.39 Å². The third-order valence-electron chi connectivity index (χ3n) is 4.80. The predicted molar refractivity (Wildman–Crippen MR) is 118 cm³/mol. The number of benzene rings is 2. The Kier molecular flexibility index (Phi) is 4.42. The second kappa shape index (κ2) is 7.10. The third kappa shape index (κ3) is 3.33. The van der Waals surface area contributed by atoms with Crippen LogP contribution in [0.15, 0.2) is 66.9 Å². The Morgan fingerprint density at radius 3 is 2.72 bits per heavy atom. The second-order valence-corrected chi connectivity index (χ2v) is 8.36. The lowest BCUT2D eigenvalue weighted by Crippen LogP contribution is -1.83. The molecule has 0 aliphatic rings. The molecule has 0 unspecified atom stereocenters. The number of aromatic amines is 1. The molecule has 29 heavy (non-hydrogen) atoms. The Morgan fingerprint density at radius 2 is 1.93 bits per heavy atom. The van der Waals surface area contributed by atoms with Crippen LogP contribution < -0.4 is 0 Å². The number of halogens is 2. The molecular weight excluding hydrogens is 405 g/mol. The van der Waals surface area contributed by atoms with Crippen molar-refractivity contribution in [1.82, 2.24) is 15.0 Å². The van der Waals surface area contributed by atoms with E-state index in [1.54, 1.807) is 23.6 Å². The van der Waals surface area contributed by atoms with Gasteiger partial charge in [0.05, 0.1) is 16.4 Å². The number of thiazole rings is 1. The van der Waals surface area contributed by atoms with E-state index < -0.39 is 0 Å².